The van der Waals surface area contributed by atoms with Crippen molar-refractivity contribution in [3.63, 3.8) is 0 Å². The Morgan fingerprint density at radius 3 is 2.63 bits per heavy atom. The number of carbonyl (C=O) groups excluding carboxylic acids is 2. The van der Waals surface area contributed by atoms with Gasteiger partial charge in [0.05, 0.1) is 18.3 Å². The lowest BCUT2D eigenvalue weighted by atomic mass is 9.74. The fourth-order valence-electron chi connectivity index (χ4n) is 3.49. The Hall–Kier alpha value is -2.14. The highest BCUT2D eigenvalue weighted by Gasteiger charge is 2.40. The van der Waals surface area contributed by atoms with E-state index < -0.39 is 11.0 Å². The number of hydrogen-bond acceptors (Lipinski definition) is 6. The van der Waals surface area contributed by atoms with Gasteiger partial charge in [-0.15, -0.1) is 0 Å². The molecule has 0 aromatic carbocycles. The molecule has 27 heavy (non-hydrogen) atoms. The predicted octanol–water partition coefficient (Wildman–Crippen LogP) is 3.85. The first kappa shape index (κ1) is 19.6. The molecule has 7 nitrogen and oxygen atoms in total. The van der Waals surface area contributed by atoms with Gasteiger partial charge in [-0.25, -0.2) is 9.78 Å². The van der Waals surface area contributed by atoms with Crippen LogP contribution in [0.4, 0.5) is 9.93 Å². The van der Waals surface area contributed by atoms with Crippen LogP contribution in [0.1, 0.15) is 63.4 Å². The lowest BCUT2D eigenvalue weighted by molar-refractivity contribution is -0.124. The molecular formula is C19H26N4O3S. The number of ether oxygens (including phenoxy) is 1. The van der Waals surface area contributed by atoms with E-state index in [-0.39, 0.29) is 12.0 Å². The lowest BCUT2D eigenvalue weighted by Crippen LogP contribution is -2.39. The van der Waals surface area contributed by atoms with Gasteiger partial charge in [0.25, 0.3) is 0 Å². The molecule has 1 N–H and O–H groups in total. The number of anilines is 1. The molecule has 8 heteroatoms. The van der Waals surface area contributed by atoms with E-state index in [9.17, 15) is 14.9 Å². The zero-order valence-corrected chi connectivity index (χ0v) is 16.9. The van der Waals surface area contributed by atoms with Crippen molar-refractivity contribution in [3.05, 3.63) is 10.6 Å². The molecule has 1 aliphatic carbocycles. The van der Waals surface area contributed by atoms with E-state index in [1.807, 2.05) is 20.8 Å². The number of nitriles is 1. The summed E-state index contributed by atoms with van der Waals surface area (Å²) in [7, 11) is 0. The van der Waals surface area contributed by atoms with Gasteiger partial charge in [0, 0.05) is 17.8 Å². The van der Waals surface area contributed by atoms with Crippen LogP contribution in [0.25, 0.3) is 0 Å². The third kappa shape index (κ3) is 4.41. The minimum absolute atomic E-state index is 0.250. The zero-order valence-electron chi connectivity index (χ0n) is 16.1. The number of fused-ring (bicyclic) bond motifs is 1. The fourth-order valence-corrected chi connectivity index (χ4v) is 4.51. The van der Waals surface area contributed by atoms with Crippen molar-refractivity contribution in [3.8, 4) is 6.07 Å². The summed E-state index contributed by atoms with van der Waals surface area (Å²) in [6.45, 7) is 6.51. The number of hydrogen-bond donors (Lipinski definition) is 1. The van der Waals surface area contributed by atoms with Gasteiger partial charge in [0.15, 0.2) is 5.13 Å². The molecule has 0 unspecified atom stereocenters. The molecule has 0 saturated heterocycles. The Bertz CT molecular complexity index is 769. The SMILES string of the molecule is CC(C)(C)OC(=O)N1CCc2nc(NC(=O)C3(C#N)CCCCC3)sc2C1. The molecule has 1 aromatic rings. The molecule has 3 rings (SSSR count). The average molecular weight is 391 g/mol. The highest BCUT2D eigenvalue weighted by atomic mass is 32.1. The summed E-state index contributed by atoms with van der Waals surface area (Å²) < 4.78 is 5.44. The van der Waals surface area contributed by atoms with E-state index in [1.165, 1.54) is 11.3 Å². The van der Waals surface area contributed by atoms with Gasteiger partial charge < -0.3 is 15.0 Å². The van der Waals surface area contributed by atoms with Gasteiger partial charge >= 0.3 is 6.09 Å². The predicted molar refractivity (Wildman–Crippen MR) is 102 cm³/mol. The number of nitrogens with one attached hydrogen (secondary N) is 1. The third-order valence-corrected chi connectivity index (χ3v) is 5.96. The van der Waals surface area contributed by atoms with E-state index in [0.717, 1.165) is 29.8 Å². The van der Waals surface area contributed by atoms with Gasteiger partial charge in [0.1, 0.15) is 11.0 Å². The Morgan fingerprint density at radius 1 is 1.30 bits per heavy atom. The molecule has 146 valence electrons. The van der Waals surface area contributed by atoms with E-state index in [0.29, 0.717) is 37.5 Å². The Balaban J connectivity index is 1.67. The summed E-state index contributed by atoms with van der Waals surface area (Å²) in [5.74, 6) is -0.250. The number of nitrogens with zero attached hydrogens (tertiary/aromatic N) is 3. The molecule has 0 bridgehead atoms. The van der Waals surface area contributed by atoms with Crippen LogP contribution < -0.4 is 5.32 Å². The molecule has 1 aromatic heterocycles. The largest absolute Gasteiger partial charge is 0.444 e. The third-order valence-electron chi connectivity index (χ3n) is 4.96. The first-order valence-corrected chi connectivity index (χ1v) is 10.2. The molecule has 1 saturated carbocycles. The highest BCUT2D eigenvalue weighted by Crippen LogP contribution is 2.37. The molecule has 2 heterocycles. The molecule has 0 spiro atoms. The minimum atomic E-state index is -0.938. The molecule has 2 amide bonds. The summed E-state index contributed by atoms with van der Waals surface area (Å²) in [6, 6.07) is 2.24. The average Bonchev–Trinajstić information content (AvgIpc) is 3.02. The number of rotatable bonds is 2. The molecule has 2 aliphatic rings. The topological polar surface area (TPSA) is 95.3 Å². The van der Waals surface area contributed by atoms with Crippen LogP contribution in [-0.4, -0.2) is 34.0 Å². The van der Waals surface area contributed by atoms with Crippen LogP contribution in [0.15, 0.2) is 0 Å². The van der Waals surface area contributed by atoms with Gasteiger partial charge in [-0.3, -0.25) is 4.79 Å². The van der Waals surface area contributed by atoms with Crippen molar-refractivity contribution < 1.29 is 14.3 Å². The highest BCUT2D eigenvalue weighted by molar-refractivity contribution is 7.15. The first-order valence-electron chi connectivity index (χ1n) is 9.42. The van der Waals surface area contributed by atoms with Crippen LogP contribution in [-0.2, 0) is 22.5 Å². The Kier molecular flexibility index (Phi) is 5.43. The van der Waals surface area contributed by atoms with E-state index in [4.69, 9.17) is 4.74 Å². The second-order valence-electron chi connectivity index (χ2n) is 8.25. The first-order chi connectivity index (χ1) is 12.7. The number of amides is 2. The Morgan fingerprint density at radius 2 is 2.00 bits per heavy atom. The Labute approximate surface area is 163 Å². The molecular weight excluding hydrogens is 364 g/mol. The van der Waals surface area contributed by atoms with Gasteiger partial charge in [-0.2, -0.15) is 5.26 Å². The monoisotopic (exact) mass is 390 g/mol. The summed E-state index contributed by atoms with van der Waals surface area (Å²) in [6.07, 6.45) is 4.38. The van der Waals surface area contributed by atoms with Crippen LogP contribution >= 0.6 is 11.3 Å². The lowest BCUT2D eigenvalue weighted by Gasteiger charge is -2.29. The van der Waals surface area contributed by atoms with Crippen molar-refractivity contribution in [2.75, 3.05) is 11.9 Å². The smallest absolute Gasteiger partial charge is 0.410 e. The summed E-state index contributed by atoms with van der Waals surface area (Å²) >= 11 is 1.37. The van der Waals surface area contributed by atoms with Crippen molar-refractivity contribution >= 4 is 28.5 Å². The summed E-state index contributed by atoms with van der Waals surface area (Å²) in [5.41, 5.74) is -0.562. The van der Waals surface area contributed by atoms with Crippen LogP contribution in [0.2, 0.25) is 0 Å². The maximum atomic E-state index is 12.7. The van der Waals surface area contributed by atoms with Crippen LogP contribution in [0, 0.1) is 16.7 Å². The van der Waals surface area contributed by atoms with E-state index >= 15 is 0 Å². The zero-order chi connectivity index (χ0) is 19.7. The van der Waals surface area contributed by atoms with Crippen LogP contribution in [0.3, 0.4) is 0 Å². The quantitative estimate of drug-likeness (QED) is 0.827. The van der Waals surface area contributed by atoms with E-state index in [2.05, 4.69) is 16.4 Å². The standard InChI is InChI=1S/C19H26N4O3S/c1-18(2,3)26-17(25)23-10-7-13-14(11-23)27-16(21-13)22-15(24)19(12-20)8-5-4-6-9-19/h4-11H2,1-3H3,(H,21,22,24). The summed E-state index contributed by atoms with van der Waals surface area (Å²) in [5, 5.41) is 12.9. The number of carbonyl (C=O) groups is 2. The summed E-state index contributed by atoms with van der Waals surface area (Å²) in [4.78, 5) is 32.1. The normalized spacial score (nSPS) is 19.0. The second-order valence-corrected chi connectivity index (χ2v) is 9.33. The van der Waals surface area contributed by atoms with Gasteiger partial charge in [0.2, 0.25) is 5.91 Å². The van der Waals surface area contributed by atoms with Crippen molar-refractivity contribution in [1.29, 1.82) is 5.26 Å². The van der Waals surface area contributed by atoms with Crippen LogP contribution in [0.5, 0.6) is 0 Å². The van der Waals surface area contributed by atoms with Crippen molar-refractivity contribution in [2.24, 2.45) is 5.41 Å². The van der Waals surface area contributed by atoms with Crippen molar-refractivity contribution in [2.45, 2.75) is 71.4 Å². The maximum absolute atomic E-state index is 12.7. The fraction of sp³-hybridized carbons (Fsp3) is 0.684. The van der Waals surface area contributed by atoms with Crippen molar-refractivity contribution in [1.82, 2.24) is 9.88 Å². The molecule has 1 aliphatic heterocycles. The molecule has 0 atom stereocenters. The number of thiazole rings is 1. The van der Waals surface area contributed by atoms with Gasteiger partial charge in [-0.05, 0) is 33.6 Å². The number of aromatic nitrogens is 1. The maximum Gasteiger partial charge on any atom is 0.410 e. The molecule has 0 radical (unpaired) electrons. The van der Waals surface area contributed by atoms with Gasteiger partial charge in [-0.1, -0.05) is 30.6 Å². The van der Waals surface area contributed by atoms with E-state index in [1.54, 1.807) is 4.90 Å². The second kappa shape index (κ2) is 7.47. The molecule has 1 fully saturated rings. The minimum Gasteiger partial charge on any atom is -0.444 e.